The second-order valence-corrected chi connectivity index (χ2v) is 6.60. The Hall–Kier alpha value is -2.08. The van der Waals surface area contributed by atoms with Crippen LogP contribution in [0.3, 0.4) is 0 Å². The molecule has 0 fully saturated rings. The van der Waals surface area contributed by atoms with Crippen molar-refractivity contribution in [2.75, 3.05) is 33.2 Å². The number of guanidine groups is 1. The molecule has 144 valence electrons. The van der Waals surface area contributed by atoms with Crippen LogP contribution in [0.15, 0.2) is 29.3 Å². The smallest absolute Gasteiger partial charge is 0.191 e. The molecule has 6 nitrogen and oxygen atoms in total. The van der Waals surface area contributed by atoms with Crippen molar-refractivity contribution < 1.29 is 0 Å². The zero-order valence-electron chi connectivity index (χ0n) is 16.9. The summed E-state index contributed by atoms with van der Waals surface area (Å²) in [7, 11) is 1.82. The van der Waals surface area contributed by atoms with Crippen LogP contribution >= 0.6 is 0 Å². The third kappa shape index (κ3) is 5.21. The number of hydrogen-bond acceptors (Lipinski definition) is 3. The quantitative estimate of drug-likeness (QED) is 0.411. The molecule has 1 atom stereocenters. The van der Waals surface area contributed by atoms with Gasteiger partial charge in [-0.25, -0.2) is 4.98 Å². The summed E-state index contributed by atoms with van der Waals surface area (Å²) in [6, 6.07) is 8.80. The van der Waals surface area contributed by atoms with Gasteiger partial charge in [0.1, 0.15) is 5.82 Å². The van der Waals surface area contributed by atoms with Crippen molar-refractivity contribution in [3.8, 4) is 0 Å². The Kier molecular flexibility index (Phi) is 7.91. The standard InChI is InChI=1S/C20H34N6/c1-6-25(7-2)16(3)15-23-20(21-5)22-13-10-14-26-17(4)24-18-11-8-9-12-19(18)26/h8-9,11-12,16H,6-7,10,13-15H2,1-5H3,(H2,21,22,23). The zero-order valence-corrected chi connectivity index (χ0v) is 16.9. The van der Waals surface area contributed by atoms with Crippen LogP contribution in [0.25, 0.3) is 11.0 Å². The Morgan fingerprint density at radius 1 is 1.23 bits per heavy atom. The number of para-hydroxylation sites is 2. The maximum atomic E-state index is 4.63. The third-order valence-corrected chi connectivity index (χ3v) is 4.92. The minimum atomic E-state index is 0.489. The number of fused-ring (bicyclic) bond motifs is 1. The van der Waals surface area contributed by atoms with Gasteiger partial charge in [-0.1, -0.05) is 26.0 Å². The average Bonchev–Trinajstić information content (AvgIpc) is 2.97. The van der Waals surface area contributed by atoms with Gasteiger partial charge < -0.3 is 15.2 Å². The first-order valence-corrected chi connectivity index (χ1v) is 9.71. The molecule has 0 spiro atoms. The summed E-state index contributed by atoms with van der Waals surface area (Å²) in [6.07, 6.45) is 1.02. The SMILES string of the molecule is CCN(CC)C(C)CNC(=NC)NCCCn1c(C)nc2ccccc21. The number of imidazole rings is 1. The first-order chi connectivity index (χ1) is 12.6. The molecule has 0 radical (unpaired) electrons. The molecule has 2 aromatic rings. The topological polar surface area (TPSA) is 57.5 Å². The maximum absolute atomic E-state index is 4.63. The summed E-state index contributed by atoms with van der Waals surface area (Å²) in [6.45, 7) is 13.6. The van der Waals surface area contributed by atoms with Crippen LogP contribution in [0, 0.1) is 6.92 Å². The van der Waals surface area contributed by atoms with Crippen molar-refractivity contribution in [2.45, 2.75) is 46.7 Å². The molecule has 1 aromatic carbocycles. The lowest BCUT2D eigenvalue weighted by atomic mass is 10.3. The summed E-state index contributed by atoms with van der Waals surface area (Å²) in [5, 5.41) is 6.85. The van der Waals surface area contributed by atoms with Gasteiger partial charge in [0.15, 0.2) is 5.96 Å². The molecule has 1 unspecified atom stereocenters. The summed E-state index contributed by atoms with van der Waals surface area (Å²) in [4.78, 5) is 11.4. The van der Waals surface area contributed by atoms with E-state index in [4.69, 9.17) is 0 Å². The van der Waals surface area contributed by atoms with Crippen LogP contribution in [0.1, 0.15) is 33.0 Å². The number of aliphatic imine (C=N–C) groups is 1. The van der Waals surface area contributed by atoms with E-state index in [-0.39, 0.29) is 0 Å². The highest BCUT2D eigenvalue weighted by Crippen LogP contribution is 2.15. The van der Waals surface area contributed by atoms with Gasteiger partial charge >= 0.3 is 0 Å². The van der Waals surface area contributed by atoms with E-state index in [0.29, 0.717) is 6.04 Å². The molecule has 0 aliphatic rings. The lowest BCUT2D eigenvalue weighted by Gasteiger charge is -2.27. The maximum Gasteiger partial charge on any atom is 0.191 e. The van der Waals surface area contributed by atoms with Gasteiger partial charge in [0.2, 0.25) is 0 Å². The van der Waals surface area contributed by atoms with E-state index in [1.165, 1.54) is 5.52 Å². The fourth-order valence-electron chi connectivity index (χ4n) is 3.36. The molecular weight excluding hydrogens is 324 g/mol. The monoisotopic (exact) mass is 358 g/mol. The van der Waals surface area contributed by atoms with Crippen molar-refractivity contribution in [1.82, 2.24) is 25.1 Å². The Balaban J connectivity index is 1.78. The second kappa shape index (κ2) is 10.2. The van der Waals surface area contributed by atoms with Crippen LogP contribution in [-0.4, -0.2) is 59.7 Å². The van der Waals surface area contributed by atoms with E-state index in [1.807, 2.05) is 13.1 Å². The van der Waals surface area contributed by atoms with E-state index >= 15 is 0 Å². The first-order valence-electron chi connectivity index (χ1n) is 9.71. The van der Waals surface area contributed by atoms with Crippen molar-refractivity contribution in [2.24, 2.45) is 4.99 Å². The van der Waals surface area contributed by atoms with Crippen LogP contribution < -0.4 is 10.6 Å². The Labute approximate surface area is 157 Å². The molecule has 1 heterocycles. The largest absolute Gasteiger partial charge is 0.356 e. The van der Waals surface area contributed by atoms with Crippen molar-refractivity contribution in [3.05, 3.63) is 30.1 Å². The molecule has 0 saturated heterocycles. The van der Waals surface area contributed by atoms with Crippen LogP contribution in [0.4, 0.5) is 0 Å². The number of aromatic nitrogens is 2. The number of likely N-dealkylation sites (N-methyl/N-ethyl adjacent to an activating group) is 1. The summed E-state index contributed by atoms with van der Waals surface area (Å²) >= 11 is 0. The molecule has 0 aliphatic carbocycles. The molecule has 26 heavy (non-hydrogen) atoms. The van der Waals surface area contributed by atoms with Gasteiger partial charge in [0.05, 0.1) is 11.0 Å². The zero-order chi connectivity index (χ0) is 18.9. The van der Waals surface area contributed by atoms with Gasteiger partial charge in [-0.2, -0.15) is 0 Å². The summed E-state index contributed by atoms with van der Waals surface area (Å²) < 4.78 is 2.29. The van der Waals surface area contributed by atoms with Gasteiger partial charge in [0, 0.05) is 32.7 Å². The minimum absolute atomic E-state index is 0.489. The highest BCUT2D eigenvalue weighted by atomic mass is 15.2. The summed E-state index contributed by atoms with van der Waals surface area (Å²) in [5.41, 5.74) is 2.28. The van der Waals surface area contributed by atoms with E-state index in [1.54, 1.807) is 0 Å². The van der Waals surface area contributed by atoms with Crippen molar-refractivity contribution in [3.63, 3.8) is 0 Å². The minimum Gasteiger partial charge on any atom is -0.356 e. The van der Waals surface area contributed by atoms with Gasteiger partial charge in [-0.05, 0) is 45.5 Å². The Morgan fingerprint density at radius 3 is 2.65 bits per heavy atom. The lowest BCUT2D eigenvalue weighted by molar-refractivity contribution is 0.231. The molecule has 0 amide bonds. The first kappa shape index (κ1) is 20.2. The van der Waals surface area contributed by atoms with Gasteiger partial charge in [-0.3, -0.25) is 9.89 Å². The molecular formula is C20H34N6. The lowest BCUT2D eigenvalue weighted by Crippen LogP contribution is -2.46. The van der Waals surface area contributed by atoms with Crippen molar-refractivity contribution >= 4 is 17.0 Å². The predicted octanol–water partition coefficient (Wildman–Crippen LogP) is 2.63. The molecule has 2 N–H and O–H groups in total. The number of benzene rings is 1. The Morgan fingerprint density at radius 2 is 1.96 bits per heavy atom. The molecule has 0 aliphatic heterocycles. The highest BCUT2D eigenvalue weighted by Gasteiger charge is 2.10. The molecule has 0 saturated carbocycles. The van der Waals surface area contributed by atoms with E-state index in [2.05, 4.69) is 76.0 Å². The number of nitrogens with zero attached hydrogens (tertiary/aromatic N) is 4. The fraction of sp³-hybridized carbons (Fsp3) is 0.600. The van der Waals surface area contributed by atoms with Crippen LogP contribution in [-0.2, 0) is 6.54 Å². The molecule has 0 bridgehead atoms. The number of aryl methyl sites for hydroxylation is 2. The van der Waals surface area contributed by atoms with Crippen LogP contribution in [0.2, 0.25) is 0 Å². The number of hydrogen-bond donors (Lipinski definition) is 2. The number of nitrogens with one attached hydrogen (secondary N) is 2. The molecule has 2 rings (SSSR count). The van der Waals surface area contributed by atoms with E-state index in [0.717, 1.165) is 56.4 Å². The third-order valence-electron chi connectivity index (χ3n) is 4.92. The van der Waals surface area contributed by atoms with Crippen LogP contribution in [0.5, 0.6) is 0 Å². The van der Waals surface area contributed by atoms with Gasteiger partial charge in [0.25, 0.3) is 0 Å². The highest BCUT2D eigenvalue weighted by molar-refractivity contribution is 5.79. The molecule has 1 aromatic heterocycles. The fourth-order valence-corrected chi connectivity index (χ4v) is 3.36. The second-order valence-electron chi connectivity index (χ2n) is 6.60. The average molecular weight is 359 g/mol. The van der Waals surface area contributed by atoms with Gasteiger partial charge in [-0.15, -0.1) is 0 Å². The molecule has 6 heteroatoms. The summed E-state index contributed by atoms with van der Waals surface area (Å²) in [5.74, 6) is 1.94. The predicted molar refractivity (Wildman–Crippen MR) is 111 cm³/mol. The van der Waals surface area contributed by atoms with E-state index in [9.17, 15) is 0 Å². The normalized spacial score (nSPS) is 13.4. The number of rotatable bonds is 9. The Bertz CT molecular complexity index is 701. The van der Waals surface area contributed by atoms with Crippen molar-refractivity contribution in [1.29, 1.82) is 0 Å². The van der Waals surface area contributed by atoms with E-state index < -0.39 is 0 Å².